The van der Waals surface area contributed by atoms with Crippen LogP contribution in [0.2, 0.25) is 0 Å². The van der Waals surface area contributed by atoms with E-state index in [0.717, 1.165) is 5.56 Å². The van der Waals surface area contributed by atoms with E-state index in [0.29, 0.717) is 30.8 Å². The molecule has 0 aliphatic heterocycles. The maximum atomic E-state index is 12.5. The Labute approximate surface area is 178 Å². The van der Waals surface area contributed by atoms with Gasteiger partial charge in [0.25, 0.3) is 0 Å². The molecule has 0 saturated heterocycles. The molecular formula is C22H28N2O5S. The molecule has 0 heterocycles. The minimum Gasteiger partial charge on any atom is -0.462 e. The van der Waals surface area contributed by atoms with E-state index in [2.05, 4.69) is 5.32 Å². The molecule has 162 valence electrons. The monoisotopic (exact) mass is 432 g/mol. The van der Waals surface area contributed by atoms with Gasteiger partial charge in [0.1, 0.15) is 0 Å². The highest BCUT2D eigenvalue weighted by atomic mass is 32.2. The van der Waals surface area contributed by atoms with Gasteiger partial charge in [-0.2, -0.15) is 4.31 Å². The Hall–Kier alpha value is -2.71. The summed E-state index contributed by atoms with van der Waals surface area (Å²) in [5.74, 6) is -0.635. The second kappa shape index (κ2) is 10.9. The fourth-order valence-electron chi connectivity index (χ4n) is 2.96. The van der Waals surface area contributed by atoms with Crippen LogP contribution in [0.3, 0.4) is 0 Å². The van der Waals surface area contributed by atoms with Crippen molar-refractivity contribution < 1.29 is 22.7 Å². The number of hydrogen-bond acceptors (Lipinski definition) is 5. The summed E-state index contributed by atoms with van der Waals surface area (Å²) in [4.78, 5) is 24.3. The first-order valence-corrected chi connectivity index (χ1v) is 11.4. The number of anilines is 1. The minimum atomic E-state index is -3.49. The van der Waals surface area contributed by atoms with Crippen molar-refractivity contribution in [3.63, 3.8) is 0 Å². The third kappa shape index (κ3) is 6.14. The predicted octanol–water partition coefficient (Wildman–Crippen LogP) is 3.47. The molecule has 0 fully saturated rings. The van der Waals surface area contributed by atoms with Crippen molar-refractivity contribution in [2.75, 3.05) is 25.0 Å². The molecule has 0 aliphatic carbocycles. The van der Waals surface area contributed by atoms with Crippen molar-refractivity contribution in [2.24, 2.45) is 0 Å². The summed E-state index contributed by atoms with van der Waals surface area (Å²) in [5.41, 5.74) is 1.76. The lowest BCUT2D eigenvalue weighted by atomic mass is 10.1. The zero-order valence-electron chi connectivity index (χ0n) is 17.6. The van der Waals surface area contributed by atoms with E-state index in [1.165, 1.54) is 4.31 Å². The number of esters is 1. The summed E-state index contributed by atoms with van der Waals surface area (Å²) in [6.07, 6.45) is 0.695. The number of benzene rings is 2. The van der Waals surface area contributed by atoms with Gasteiger partial charge in [-0.1, -0.05) is 32.0 Å². The molecule has 0 atom stereocenters. The van der Waals surface area contributed by atoms with E-state index in [-0.39, 0.29) is 23.8 Å². The van der Waals surface area contributed by atoms with Crippen LogP contribution in [0.4, 0.5) is 5.69 Å². The van der Waals surface area contributed by atoms with Crippen LogP contribution >= 0.6 is 0 Å². The Morgan fingerprint density at radius 3 is 2.27 bits per heavy atom. The average Bonchev–Trinajstić information content (AvgIpc) is 2.73. The fourth-order valence-corrected chi connectivity index (χ4v) is 4.42. The molecule has 7 nitrogen and oxygen atoms in total. The van der Waals surface area contributed by atoms with E-state index in [1.54, 1.807) is 69.3 Å². The molecular weight excluding hydrogens is 404 g/mol. The number of sulfonamides is 1. The van der Waals surface area contributed by atoms with E-state index in [1.807, 2.05) is 0 Å². The normalized spacial score (nSPS) is 11.3. The smallest absolute Gasteiger partial charge is 0.338 e. The summed E-state index contributed by atoms with van der Waals surface area (Å²) in [5, 5.41) is 2.77. The van der Waals surface area contributed by atoms with Crippen LogP contribution < -0.4 is 5.32 Å². The average molecular weight is 433 g/mol. The number of amides is 1. The van der Waals surface area contributed by atoms with E-state index in [9.17, 15) is 18.0 Å². The molecule has 1 N–H and O–H groups in total. The van der Waals surface area contributed by atoms with Gasteiger partial charge in [0.15, 0.2) is 0 Å². The Morgan fingerprint density at radius 1 is 1.00 bits per heavy atom. The summed E-state index contributed by atoms with van der Waals surface area (Å²) < 4.78 is 31.4. The van der Waals surface area contributed by atoms with Crippen molar-refractivity contribution in [1.29, 1.82) is 0 Å². The SMILES string of the molecule is CCOC(=O)c1cccc(NC(=O)CCc2ccc(S(=O)(=O)N(CC)CC)cc2)c1. The maximum absolute atomic E-state index is 12.5. The quantitative estimate of drug-likeness (QED) is 0.581. The van der Waals surface area contributed by atoms with Gasteiger partial charge in [0, 0.05) is 25.2 Å². The number of ether oxygens (including phenoxy) is 1. The molecule has 2 aromatic rings. The fraction of sp³-hybridized carbons (Fsp3) is 0.364. The van der Waals surface area contributed by atoms with Crippen molar-refractivity contribution in [1.82, 2.24) is 4.31 Å². The zero-order valence-corrected chi connectivity index (χ0v) is 18.4. The lowest BCUT2D eigenvalue weighted by Crippen LogP contribution is -2.30. The van der Waals surface area contributed by atoms with Crippen LogP contribution in [0.25, 0.3) is 0 Å². The first-order chi connectivity index (χ1) is 14.3. The van der Waals surface area contributed by atoms with Crippen LogP contribution in [-0.4, -0.2) is 44.3 Å². The molecule has 8 heteroatoms. The number of carbonyl (C=O) groups is 2. The van der Waals surface area contributed by atoms with Gasteiger partial charge in [0.05, 0.1) is 17.1 Å². The second-order valence-corrected chi connectivity index (χ2v) is 8.52. The number of rotatable bonds is 10. The van der Waals surface area contributed by atoms with E-state index in [4.69, 9.17) is 4.74 Å². The van der Waals surface area contributed by atoms with Gasteiger partial charge >= 0.3 is 5.97 Å². The van der Waals surface area contributed by atoms with Crippen molar-refractivity contribution in [2.45, 2.75) is 38.5 Å². The predicted molar refractivity (Wildman–Crippen MR) is 116 cm³/mol. The molecule has 0 saturated carbocycles. The van der Waals surface area contributed by atoms with Gasteiger partial charge in [-0.05, 0) is 49.2 Å². The summed E-state index contributed by atoms with van der Waals surface area (Å²) in [7, 11) is -3.49. The number of carbonyl (C=O) groups excluding carboxylic acids is 2. The highest BCUT2D eigenvalue weighted by molar-refractivity contribution is 7.89. The van der Waals surface area contributed by atoms with Gasteiger partial charge in [-0.25, -0.2) is 13.2 Å². The summed E-state index contributed by atoms with van der Waals surface area (Å²) >= 11 is 0. The summed E-state index contributed by atoms with van der Waals surface area (Å²) in [6.45, 7) is 6.45. The molecule has 0 unspecified atom stereocenters. The van der Waals surface area contributed by atoms with Crippen LogP contribution in [0.15, 0.2) is 53.4 Å². The van der Waals surface area contributed by atoms with E-state index >= 15 is 0 Å². The first-order valence-electron chi connectivity index (χ1n) is 9.97. The lowest BCUT2D eigenvalue weighted by Gasteiger charge is -2.18. The molecule has 30 heavy (non-hydrogen) atoms. The van der Waals surface area contributed by atoms with Gasteiger partial charge < -0.3 is 10.1 Å². The van der Waals surface area contributed by atoms with Gasteiger partial charge in [-0.15, -0.1) is 0 Å². The third-order valence-corrected chi connectivity index (χ3v) is 6.63. The third-order valence-electron chi connectivity index (χ3n) is 4.56. The molecule has 1 amide bonds. The Kier molecular flexibility index (Phi) is 8.56. The molecule has 0 spiro atoms. The zero-order chi connectivity index (χ0) is 22.1. The molecule has 0 aliphatic rings. The minimum absolute atomic E-state index is 0.198. The molecule has 0 bridgehead atoms. The Morgan fingerprint density at radius 2 is 1.67 bits per heavy atom. The van der Waals surface area contributed by atoms with Crippen LogP contribution in [0.1, 0.15) is 43.1 Å². The van der Waals surface area contributed by atoms with Crippen LogP contribution in [0.5, 0.6) is 0 Å². The molecule has 0 aromatic heterocycles. The van der Waals surface area contributed by atoms with Crippen LogP contribution in [-0.2, 0) is 26.0 Å². The molecule has 2 rings (SSSR count). The number of aryl methyl sites for hydroxylation is 1. The number of nitrogens with one attached hydrogen (secondary N) is 1. The lowest BCUT2D eigenvalue weighted by molar-refractivity contribution is -0.116. The van der Waals surface area contributed by atoms with E-state index < -0.39 is 16.0 Å². The van der Waals surface area contributed by atoms with Gasteiger partial charge in [-0.3, -0.25) is 4.79 Å². The largest absolute Gasteiger partial charge is 0.462 e. The standard InChI is InChI=1S/C22H28N2O5S/c1-4-24(5-2)30(27,28)20-13-10-17(11-14-20)12-15-21(25)23-19-9-7-8-18(16-19)22(26)29-6-3/h7-11,13-14,16H,4-6,12,15H2,1-3H3,(H,23,25). The molecule has 2 aromatic carbocycles. The Bertz CT molecular complexity index is 967. The van der Waals surface area contributed by atoms with Crippen molar-refractivity contribution in [3.05, 3.63) is 59.7 Å². The topological polar surface area (TPSA) is 92.8 Å². The first kappa shape index (κ1) is 23.6. The number of nitrogens with zero attached hydrogens (tertiary/aromatic N) is 1. The highest BCUT2D eigenvalue weighted by Gasteiger charge is 2.21. The maximum Gasteiger partial charge on any atom is 0.338 e. The Balaban J connectivity index is 1.96. The summed E-state index contributed by atoms with van der Waals surface area (Å²) in [6, 6.07) is 13.2. The van der Waals surface area contributed by atoms with Crippen molar-refractivity contribution >= 4 is 27.6 Å². The van der Waals surface area contributed by atoms with Crippen molar-refractivity contribution in [3.8, 4) is 0 Å². The number of hydrogen-bond donors (Lipinski definition) is 1. The second-order valence-electron chi connectivity index (χ2n) is 6.58. The van der Waals surface area contributed by atoms with Gasteiger partial charge in [0.2, 0.25) is 15.9 Å². The van der Waals surface area contributed by atoms with Crippen LogP contribution in [0, 0.1) is 0 Å². The molecule has 0 radical (unpaired) electrons. The highest BCUT2D eigenvalue weighted by Crippen LogP contribution is 2.17.